The first-order valence-electron chi connectivity index (χ1n) is 5.72. The van der Waals surface area contributed by atoms with Gasteiger partial charge in [0.15, 0.2) is 6.10 Å². The van der Waals surface area contributed by atoms with E-state index in [0.717, 1.165) is 0 Å². The SMILES string of the molecule is CCNc1ccccc1C(=O)NCC(O)C(F)(F)F. The van der Waals surface area contributed by atoms with Crippen molar-refractivity contribution in [3.05, 3.63) is 29.8 Å². The van der Waals surface area contributed by atoms with Crippen LogP contribution in [-0.4, -0.2) is 36.4 Å². The van der Waals surface area contributed by atoms with Gasteiger partial charge in [0.25, 0.3) is 5.91 Å². The van der Waals surface area contributed by atoms with Crippen LogP contribution in [0.4, 0.5) is 18.9 Å². The highest BCUT2D eigenvalue weighted by Gasteiger charge is 2.38. The van der Waals surface area contributed by atoms with Gasteiger partial charge in [0.05, 0.1) is 12.1 Å². The monoisotopic (exact) mass is 276 g/mol. The molecule has 106 valence electrons. The summed E-state index contributed by atoms with van der Waals surface area (Å²) < 4.78 is 36.3. The van der Waals surface area contributed by atoms with Crippen molar-refractivity contribution in [3.8, 4) is 0 Å². The average Bonchev–Trinajstić information content (AvgIpc) is 2.35. The number of aliphatic hydroxyl groups is 1. The Labute approximate surface area is 108 Å². The Kier molecular flexibility index (Phi) is 5.17. The molecule has 0 aliphatic heterocycles. The van der Waals surface area contributed by atoms with E-state index >= 15 is 0 Å². The van der Waals surface area contributed by atoms with Gasteiger partial charge in [-0.2, -0.15) is 13.2 Å². The highest BCUT2D eigenvalue weighted by atomic mass is 19.4. The van der Waals surface area contributed by atoms with Crippen LogP contribution in [0, 0.1) is 0 Å². The van der Waals surface area contributed by atoms with E-state index in [9.17, 15) is 18.0 Å². The summed E-state index contributed by atoms with van der Waals surface area (Å²) in [5.41, 5.74) is 0.766. The Morgan fingerprint density at radius 3 is 2.58 bits per heavy atom. The van der Waals surface area contributed by atoms with Crippen molar-refractivity contribution in [1.29, 1.82) is 0 Å². The summed E-state index contributed by atoms with van der Waals surface area (Å²) in [7, 11) is 0. The number of para-hydroxylation sites is 1. The van der Waals surface area contributed by atoms with Gasteiger partial charge in [-0.3, -0.25) is 4.79 Å². The van der Waals surface area contributed by atoms with E-state index in [2.05, 4.69) is 10.6 Å². The van der Waals surface area contributed by atoms with E-state index in [0.29, 0.717) is 12.2 Å². The molecule has 1 amide bonds. The van der Waals surface area contributed by atoms with Crippen molar-refractivity contribution in [1.82, 2.24) is 5.32 Å². The Morgan fingerprint density at radius 1 is 1.37 bits per heavy atom. The number of alkyl halides is 3. The van der Waals surface area contributed by atoms with E-state index < -0.39 is 24.7 Å². The predicted molar refractivity (Wildman–Crippen MR) is 65.0 cm³/mol. The Morgan fingerprint density at radius 2 is 2.00 bits per heavy atom. The number of amides is 1. The molecule has 0 aromatic heterocycles. The van der Waals surface area contributed by atoms with Gasteiger partial charge in [0, 0.05) is 12.2 Å². The molecule has 0 saturated carbocycles. The van der Waals surface area contributed by atoms with Gasteiger partial charge < -0.3 is 15.7 Å². The smallest absolute Gasteiger partial charge is 0.385 e. The van der Waals surface area contributed by atoms with Gasteiger partial charge in [-0.05, 0) is 19.1 Å². The lowest BCUT2D eigenvalue weighted by molar-refractivity contribution is -0.201. The number of halogens is 3. The Hall–Kier alpha value is -1.76. The quantitative estimate of drug-likeness (QED) is 0.768. The number of hydrogen-bond acceptors (Lipinski definition) is 3. The van der Waals surface area contributed by atoms with Gasteiger partial charge in [-0.15, -0.1) is 0 Å². The lowest BCUT2D eigenvalue weighted by Crippen LogP contribution is -2.40. The van der Waals surface area contributed by atoms with Gasteiger partial charge in [0.2, 0.25) is 0 Å². The van der Waals surface area contributed by atoms with Gasteiger partial charge in [0.1, 0.15) is 0 Å². The summed E-state index contributed by atoms with van der Waals surface area (Å²) >= 11 is 0. The molecular formula is C12H15F3N2O2. The normalized spacial score (nSPS) is 12.9. The number of hydrogen-bond donors (Lipinski definition) is 3. The van der Waals surface area contributed by atoms with Crippen LogP contribution < -0.4 is 10.6 Å². The van der Waals surface area contributed by atoms with Gasteiger partial charge in [-0.1, -0.05) is 12.1 Å². The highest BCUT2D eigenvalue weighted by Crippen LogP contribution is 2.19. The van der Waals surface area contributed by atoms with Crippen molar-refractivity contribution in [2.24, 2.45) is 0 Å². The molecule has 0 radical (unpaired) electrons. The van der Waals surface area contributed by atoms with E-state index in [1.54, 1.807) is 18.2 Å². The Balaban J connectivity index is 2.69. The number of carbonyl (C=O) groups excluding carboxylic acids is 1. The molecule has 0 bridgehead atoms. The van der Waals surface area contributed by atoms with Crippen LogP contribution >= 0.6 is 0 Å². The zero-order valence-electron chi connectivity index (χ0n) is 10.3. The second-order valence-electron chi connectivity index (χ2n) is 3.84. The third-order valence-corrected chi connectivity index (χ3v) is 2.37. The largest absolute Gasteiger partial charge is 0.416 e. The zero-order valence-corrected chi connectivity index (χ0v) is 10.3. The second-order valence-corrected chi connectivity index (χ2v) is 3.84. The van der Waals surface area contributed by atoms with Crippen LogP contribution in [0.5, 0.6) is 0 Å². The van der Waals surface area contributed by atoms with Crippen molar-refractivity contribution in [2.45, 2.75) is 19.2 Å². The van der Waals surface area contributed by atoms with Crippen LogP contribution in [-0.2, 0) is 0 Å². The first-order valence-corrected chi connectivity index (χ1v) is 5.72. The van der Waals surface area contributed by atoms with Crippen molar-refractivity contribution in [3.63, 3.8) is 0 Å². The second kappa shape index (κ2) is 6.42. The van der Waals surface area contributed by atoms with E-state index in [4.69, 9.17) is 5.11 Å². The lowest BCUT2D eigenvalue weighted by atomic mass is 10.1. The number of benzene rings is 1. The molecule has 1 aromatic carbocycles. The fourth-order valence-electron chi connectivity index (χ4n) is 1.43. The number of aliphatic hydroxyl groups excluding tert-OH is 1. The molecule has 1 aromatic rings. The van der Waals surface area contributed by atoms with Gasteiger partial charge in [-0.25, -0.2) is 0 Å². The molecule has 1 atom stereocenters. The number of rotatable bonds is 5. The summed E-state index contributed by atoms with van der Waals surface area (Å²) in [6.45, 7) is 1.54. The maximum Gasteiger partial charge on any atom is 0.416 e. The first-order chi connectivity index (χ1) is 8.86. The van der Waals surface area contributed by atoms with E-state index in [1.807, 2.05) is 6.92 Å². The number of anilines is 1. The minimum absolute atomic E-state index is 0.235. The molecule has 0 aliphatic rings. The molecule has 0 aliphatic carbocycles. The van der Waals surface area contributed by atoms with Gasteiger partial charge >= 0.3 is 6.18 Å². The van der Waals surface area contributed by atoms with E-state index in [-0.39, 0.29) is 5.56 Å². The maximum absolute atomic E-state index is 12.1. The summed E-state index contributed by atoms with van der Waals surface area (Å²) in [4.78, 5) is 11.7. The van der Waals surface area contributed by atoms with Crippen LogP contribution in [0.15, 0.2) is 24.3 Å². The maximum atomic E-state index is 12.1. The molecule has 0 spiro atoms. The van der Waals surface area contributed by atoms with Crippen LogP contribution in [0.25, 0.3) is 0 Å². The van der Waals surface area contributed by atoms with Crippen molar-refractivity contribution < 1.29 is 23.1 Å². The third kappa shape index (κ3) is 4.44. The highest BCUT2D eigenvalue weighted by molar-refractivity contribution is 5.99. The fourth-order valence-corrected chi connectivity index (χ4v) is 1.43. The molecule has 0 heterocycles. The summed E-state index contributed by atoms with van der Waals surface area (Å²) in [5, 5.41) is 13.8. The molecule has 1 rings (SSSR count). The minimum Gasteiger partial charge on any atom is -0.385 e. The molecule has 0 saturated heterocycles. The van der Waals surface area contributed by atoms with Crippen molar-refractivity contribution >= 4 is 11.6 Å². The van der Waals surface area contributed by atoms with Crippen LogP contribution in [0.3, 0.4) is 0 Å². The summed E-state index contributed by atoms with van der Waals surface area (Å²) in [6, 6.07) is 6.46. The molecule has 19 heavy (non-hydrogen) atoms. The topological polar surface area (TPSA) is 61.4 Å². The zero-order chi connectivity index (χ0) is 14.5. The molecule has 0 fully saturated rings. The number of nitrogens with one attached hydrogen (secondary N) is 2. The molecule has 3 N–H and O–H groups in total. The number of carbonyl (C=O) groups is 1. The summed E-state index contributed by atoms with van der Waals surface area (Å²) in [5.74, 6) is -0.667. The third-order valence-electron chi connectivity index (χ3n) is 2.37. The fraction of sp³-hybridized carbons (Fsp3) is 0.417. The lowest BCUT2D eigenvalue weighted by Gasteiger charge is -2.16. The van der Waals surface area contributed by atoms with Crippen molar-refractivity contribution in [2.75, 3.05) is 18.4 Å². The molecular weight excluding hydrogens is 261 g/mol. The molecule has 4 nitrogen and oxygen atoms in total. The first kappa shape index (κ1) is 15.3. The molecule has 7 heteroatoms. The predicted octanol–water partition coefficient (Wildman–Crippen LogP) is 1.77. The van der Waals surface area contributed by atoms with E-state index in [1.165, 1.54) is 6.07 Å². The Bertz CT molecular complexity index is 435. The van der Waals surface area contributed by atoms with Crippen LogP contribution in [0.1, 0.15) is 17.3 Å². The minimum atomic E-state index is -4.74. The molecule has 1 unspecified atom stereocenters. The average molecular weight is 276 g/mol. The summed E-state index contributed by atoms with van der Waals surface area (Å²) in [6.07, 6.45) is -7.31. The standard InChI is InChI=1S/C12H15F3N2O2/c1-2-16-9-6-4-3-5-8(9)11(19)17-7-10(18)12(13,14)15/h3-6,10,16,18H,2,7H2,1H3,(H,17,19). The van der Waals surface area contributed by atoms with Crippen LogP contribution in [0.2, 0.25) is 0 Å².